The Bertz CT molecular complexity index is 388. The van der Waals surface area contributed by atoms with E-state index in [-0.39, 0.29) is 0 Å². The molecular weight excluding hydrogens is 310 g/mol. The zero-order valence-corrected chi connectivity index (χ0v) is 11.8. The Hall–Kier alpha value is -0.0700. The van der Waals surface area contributed by atoms with E-state index >= 15 is 0 Å². The number of rotatable bonds is 3. The molecule has 0 saturated carbocycles. The second-order valence-electron chi connectivity index (χ2n) is 3.57. The molecule has 3 nitrogen and oxygen atoms in total. The molecule has 0 bridgehead atoms. The third-order valence-corrected chi connectivity index (χ3v) is 5.63. The van der Waals surface area contributed by atoms with E-state index in [0.29, 0.717) is 10.9 Å². The van der Waals surface area contributed by atoms with Crippen LogP contribution in [0.1, 0.15) is 10.5 Å². The van der Waals surface area contributed by atoms with Crippen molar-refractivity contribution in [2.24, 2.45) is 0 Å². The molecule has 0 amide bonds. The molecule has 0 aromatic carbocycles. The lowest BCUT2D eigenvalue weighted by atomic mass is 10.4. The standard InChI is InChI=1S/C10H12BrNO2S2/c11-7-3-9(10(13)14)12(4-7)5-8-6-15-1-2-16-8/h3-4,8H,1-2,5-6H2,(H,13,14). The van der Waals surface area contributed by atoms with Gasteiger partial charge >= 0.3 is 5.97 Å². The minimum Gasteiger partial charge on any atom is -0.477 e. The maximum absolute atomic E-state index is 11.0. The van der Waals surface area contributed by atoms with Gasteiger partial charge in [0.15, 0.2) is 0 Å². The van der Waals surface area contributed by atoms with Gasteiger partial charge in [-0.3, -0.25) is 0 Å². The predicted octanol–water partition coefficient (Wildman–Crippen LogP) is 2.80. The van der Waals surface area contributed by atoms with Gasteiger partial charge in [0.1, 0.15) is 5.69 Å². The van der Waals surface area contributed by atoms with Crippen LogP contribution in [0.15, 0.2) is 16.7 Å². The van der Waals surface area contributed by atoms with Gasteiger partial charge in [-0.15, -0.1) is 0 Å². The zero-order valence-electron chi connectivity index (χ0n) is 8.56. The van der Waals surface area contributed by atoms with Gasteiger partial charge < -0.3 is 9.67 Å². The minimum absolute atomic E-state index is 0.364. The lowest BCUT2D eigenvalue weighted by Gasteiger charge is -2.21. The van der Waals surface area contributed by atoms with Gasteiger partial charge in [0.05, 0.1) is 0 Å². The molecule has 1 aliphatic heterocycles. The summed E-state index contributed by atoms with van der Waals surface area (Å²) in [4.78, 5) is 11.0. The number of thioether (sulfide) groups is 2. The van der Waals surface area contributed by atoms with Crippen LogP contribution < -0.4 is 0 Å². The van der Waals surface area contributed by atoms with Crippen LogP contribution >= 0.6 is 39.5 Å². The Morgan fingerprint density at radius 1 is 1.62 bits per heavy atom. The van der Waals surface area contributed by atoms with Crippen molar-refractivity contribution in [2.45, 2.75) is 11.8 Å². The van der Waals surface area contributed by atoms with Crippen molar-refractivity contribution in [2.75, 3.05) is 17.3 Å². The first-order valence-electron chi connectivity index (χ1n) is 4.95. The fraction of sp³-hybridized carbons (Fsp3) is 0.500. The topological polar surface area (TPSA) is 42.2 Å². The van der Waals surface area contributed by atoms with E-state index in [2.05, 4.69) is 15.9 Å². The normalized spacial score (nSPS) is 20.9. The Morgan fingerprint density at radius 2 is 2.44 bits per heavy atom. The number of halogens is 1. The number of carboxylic acids is 1. The summed E-state index contributed by atoms with van der Waals surface area (Å²) >= 11 is 7.21. The molecule has 6 heteroatoms. The van der Waals surface area contributed by atoms with Gasteiger partial charge in [-0.2, -0.15) is 23.5 Å². The first kappa shape index (κ1) is 12.4. The average Bonchev–Trinajstić information content (AvgIpc) is 2.61. The summed E-state index contributed by atoms with van der Waals surface area (Å²) in [5.74, 6) is 2.63. The van der Waals surface area contributed by atoms with E-state index in [1.165, 1.54) is 11.5 Å². The van der Waals surface area contributed by atoms with E-state index in [1.54, 1.807) is 6.07 Å². The lowest BCUT2D eigenvalue weighted by molar-refractivity contribution is 0.0685. The number of aromatic carboxylic acids is 1. The fourth-order valence-electron chi connectivity index (χ4n) is 1.67. The van der Waals surface area contributed by atoms with Crippen molar-refractivity contribution < 1.29 is 9.90 Å². The highest BCUT2D eigenvalue weighted by Gasteiger charge is 2.18. The second kappa shape index (κ2) is 5.51. The first-order chi connectivity index (χ1) is 7.66. The smallest absolute Gasteiger partial charge is 0.352 e. The molecule has 88 valence electrons. The Labute approximate surface area is 111 Å². The summed E-state index contributed by atoms with van der Waals surface area (Å²) in [5, 5.41) is 9.58. The maximum atomic E-state index is 11.0. The van der Waals surface area contributed by atoms with Gasteiger partial charge in [-0.05, 0) is 22.0 Å². The number of carbonyl (C=O) groups is 1. The molecule has 1 aromatic heterocycles. The summed E-state index contributed by atoms with van der Waals surface area (Å²) in [6, 6.07) is 1.66. The number of aromatic nitrogens is 1. The fourth-order valence-corrected chi connectivity index (χ4v) is 4.79. The first-order valence-corrected chi connectivity index (χ1v) is 7.95. The summed E-state index contributed by atoms with van der Waals surface area (Å²) in [7, 11) is 0. The molecule has 1 aromatic rings. The molecule has 1 aliphatic rings. The van der Waals surface area contributed by atoms with Crippen LogP contribution in [-0.2, 0) is 6.54 Å². The van der Waals surface area contributed by atoms with Crippen LogP contribution in [0.5, 0.6) is 0 Å². The molecule has 1 N–H and O–H groups in total. The third kappa shape index (κ3) is 2.99. The van der Waals surface area contributed by atoms with Crippen LogP contribution in [-0.4, -0.2) is 38.2 Å². The van der Waals surface area contributed by atoms with Crippen LogP contribution in [0.4, 0.5) is 0 Å². The SMILES string of the molecule is O=C(O)c1cc(Br)cn1CC1CSCCS1. The van der Waals surface area contributed by atoms with E-state index < -0.39 is 5.97 Å². The predicted molar refractivity (Wildman–Crippen MR) is 72.7 cm³/mol. The molecule has 1 fully saturated rings. The minimum atomic E-state index is -0.862. The van der Waals surface area contributed by atoms with Crippen LogP contribution in [0.25, 0.3) is 0 Å². The summed E-state index contributed by atoms with van der Waals surface area (Å²) < 4.78 is 2.66. The van der Waals surface area contributed by atoms with Gasteiger partial charge in [0.25, 0.3) is 0 Å². The van der Waals surface area contributed by atoms with Gasteiger partial charge in [-0.1, -0.05) is 0 Å². The monoisotopic (exact) mass is 321 g/mol. The van der Waals surface area contributed by atoms with E-state index in [0.717, 1.165) is 16.8 Å². The zero-order chi connectivity index (χ0) is 11.5. The quantitative estimate of drug-likeness (QED) is 0.929. The summed E-state index contributed by atoms with van der Waals surface area (Å²) in [5.41, 5.74) is 0.364. The molecule has 1 atom stereocenters. The van der Waals surface area contributed by atoms with Gasteiger partial charge in [0, 0.05) is 39.7 Å². The Kier molecular flexibility index (Phi) is 4.27. The van der Waals surface area contributed by atoms with Crippen molar-refractivity contribution in [3.63, 3.8) is 0 Å². The van der Waals surface area contributed by atoms with Gasteiger partial charge in [-0.25, -0.2) is 4.79 Å². The van der Waals surface area contributed by atoms with Crippen molar-refractivity contribution in [1.82, 2.24) is 4.57 Å². The highest BCUT2D eigenvalue weighted by molar-refractivity contribution is 9.10. The number of nitrogens with zero attached hydrogens (tertiary/aromatic N) is 1. The maximum Gasteiger partial charge on any atom is 0.352 e. The molecule has 2 rings (SSSR count). The molecule has 0 radical (unpaired) electrons. The molecule has 2 heterocycles. The average molecular weight is 322 g/mol. The van der Waals surface area contributed by atoms with E-state index in [4.69, 9.17) is 5.11 Å². The molecule has 0 spiro atoms. The van der Waals surface area contributed by atoms with Gasteiger partial charge in [0.2, 0.25) is 0 Å². The van der Waals surface area contributed by atoms with E-state index in [9.17, 15) is 4.79 Å². The van der Waals surface area contributed by atoms with E-state index in [1.807, 2.05) is 34.3 Å². The largest absolute Gasteiger partial charge is 0.477 e. The highest BCUT2D eigenvalue weighted by atomic mass is 79.9. The summed E-state index contributed by atoms with van der Waals surface area (Å²) in [6.07, 6.45) is 1.85. The van der Waals surface area contributed by atoms with Crippen LogP contribution in [0.3, 0.4) is 0 Å². The third-order valence-electron chi connectivity index (χ3n) is 2.37. The van der Waals surface area contributed by atoms with Crippen molar-refractivity contribution in [3.8, 4) is 0 Å². The molecule has 1 saturated heterocycles. The van der Waals surface area contributed by atoms with Crippen LogP contribution in [0.2, 0.25) is 0 Å². The Morgan fingerprint density at radius 3 is 3.06 bits per heavy atom. The highest BCUT2D eigenvalue weighted by Crippen LogP contribution is 2.26. The van der Waals surface area contributed by atoms with Crippen molar-refractivity contribution in [1.29, 1.82) is 0 Å². The number of carboxylic acid groups (broad SMARTS) is 1. The molecule has 0 aliphatic carbocycles. The van der Waals surface area contributed by atoms with Crippen molar-refractivity contribution in [3.05, 3.63) is 22.4 Å². The second-order valence-corrected chi connectivity index (χ2v) is 7.04. The molecular formula is C10H12BrNO2S2. The lowest BCUT2D eigenvalue weighted by Crippen LogP contribution is -2.22. The van der Waals surface area contributed by atoms with Crippen LogP contribution in [0, 0.1) is 0 Å². The van der Waals surface area contributed by atoms with Crippen molar-refractivity contribution >= 4 is 45.4 Å². The number of hydrogen-bond donors (Lipinski definition) is 1. The molecule has 1 unspecified atom stereocenters. The summed E-state index contributed by atoms with van der Waals surface area (Å²) in [6.45, 7) is 0.783. The number of hydrogen-bond acceptors (Lipinski definition) is 3. The molecule has 16 heavy (non-hydrogen) atoms. The Balaban J connectivity index is 2.10.